The van der Waals surface area contributed by atoms with Gasteiger partial charge in [-0.3, -0.25) is 4.79 Å². The molecule has 0 aliphatic carbocycles. The number of carbonyl (C=O) groups excluding carboxylic acids is 1. The Morgan fingerprint density at radius 1 is 1.00 bits per heavy atom. The molecule has 0 atom stereocenters. The largest absolute Gasteiger partial charge is 0.319 e. The smallest absolute Gasteiger partial charge is 0.257 e. The summed E-state index contributed by atoms with van der Waals surface area (Å²) in [5.74, 6) is -5.13. The first-order valence-corrected chi connectivity index (χ1v) is 8.33. The molecule has 0 saturated heterocycles. The van der Waals surface area contributed by atoms with Crippen LogP contribution in [-0.4, -0.2) is 20.7 Å². The number of benzene rings is 2. The molecule has 0 saturated carbocycles. The van der Waals surface area contributed by atoms with Crippen molar-refractivity contribution >= 4 is 22.6 Å². The minimum atomic E-state index is -1.64. The van der Waals surface area contributed by atoms with E-state index in [4.69, 9.17) is 0 Å². The fourth-order valence-electron chi connectivity index (χ4n) is 2.78. The standard InChI is InChI=1S/C20H13F3N4O/c21-15-6-7-16(18(23)17(15)22)26-20(28)14-8-13-10-25-27(19(13)24-9-14)11-12-4-2-1-3-5-12/h1-10H,11H2,(H,26,28). The number of nitrogens with zero attached hydrogens (tertiary/aromatic N) is 3. The maximum atomic E-state index is 13.7. The summed E-state index contributed by atoms with van der Waals surface area (Å²) in [4.78, 5) is 16.6. The summed E-state index contributed by atoms with van der Waals surface area (Å²) in [6, 6.07) is 12.9. The monoisotopic (exact) mass is 382 g/mol. The number of pyridine rings is 1. The van der Waals surface area contributed by atoms with Crippen molar-refractivity contribution in [3.05, 3.63) is 89.5 Å². The van der Waals surface area contributed by atoms with Crippen LogP contribution in [0, 0.1) is 17.5 Å². The Balaban J connectivity index is 1.58. The summed E-state index contributed by atoms with van der Waals surface area (Å²) >= 11 is 0. The van der Waals surface area contributed by atoms with Crippen molar-refractivity contribution in [1.82, 2.24) is 14.8 Å². The molecule has 140 valence electrons. The van der Waals surface area contributed by atoms with Crippen LogP contribution in [0.2, 0.25) is 0 Å². The number of hydrogen-bond donors (Lipinski definition) is 1. The minimum absolute atomic E-state index is 0.135. The third kappa shape index (κ3) is 3.32. The van der Waals surface area contributed by atoms with Gasteiger partial charge < -0.3 is 5.32 Å². The van der Waals surface area contributed by atoms with Gasteiger partial charge in [-0.1, -0.05) is 30.3 Å². The summed E-state index contributed by atoms with van der Waals surface area (Å²) < 4.78 is 41.8. The summed E-state index contributed by atoms with van der Waals surface area (Å²) in [6.07, 6.45) is 2.89. The highest BCUT2D eigenvalue weighted by molar-refractivity contribution is 6.05. The van der Waals surface area contributed by atoms with Gasteiger partial charge in [-0.05, 0) is 23.8 Å². The molecule has 0 fully saturated rings. The molecule has 0 radical (unpaired) electrons. The molecule has 2 aromatic carbocycles. The fourth-order valence-corrected chi connectivity index (χ4v) is 2.78. The van der Waals surface area contributed by atoms with E-state index in [2.05, 4.69) is 15.4 Å². The molecule has 0 spiro atoms. The van der Waals surface area contributed by atoms with Gasteiger partial charge >= 0.3 is 0 Å². The number of halogens is 3. The average Bonchev–Trinajstić information content (AvgIpc) is 3.11. The maximum Gasteiger partial charge on any atom is 0.257 e. The number of carbonyl (C=O) groups is 1. The van der Waals surface area contributed by atoms with Crippen LogP contribution in [0.25, 0.3) is 11.0 Å². The number of fused-ring (bicyclic) bond motifs is 1. The van der Waals surface area contributed by atoms with Crippen LogP contribution in [0.4, 0.5) is 18.9 Å². The van der Waals surface area contributed by atoms with Crippen molar-refractivity contribution in [2.75, 3.05) is 5.32 Å². The van der Waals surface area contributed by atoms with Gasteiger partial charge in [-0.25, -0.2) is 22.8 Å². The average molecular weight is 382 g/mol. The lowest BCUT2D eigenvalue weighted by Gasteiger charge is -2.08. The Morgan fingerprint density at radius 3 is 2.57 bits per heavy atom. The zero-order chi connectivity index (χ0) is 19.7. The lowest BCUT2D eigenvalue weighted by atomic mass is 10.2. The maximum absolute atomic E-state index is 13.7. The third-order valence-electron chi connectivity index (χ3n) is 4.20. The molecule has 0 aliphatic heterocycles. The van der Waals surface area contributed by atoms with Gasteiger partial charge in [0.05, 0.1) is 24.0 Å². The van der Waals surface area contributed by atoms with Crippen LogP contribution in [0.15, 0.2) is 60.9 Å². The van der Waals surface area contributed by atoms with Crippen LogP contribution < -0.4 is 5.32 Å². The molecule has 8 heteroatoms. The molecule has 4 aromatic rings. The van der Waals surface area contributed by atoms with Crippen LogP contribution in [0.5, 0.6) is 0 Å². The van der Waals surface area contributed by atoms with E-state index in [0.717, 1.165) is 17.7 Å². The Morgan fingerprint density at radius 2 is 1.79 bits per heavy atom. The summed E-state index contributed by atoms with van der Waals surface area (Å²) in [5, 5.41) is 7.12. The van der Waals surface area contributed by atoms with Gasteiger partial charge in [0.15, 0.2) is 23.1 Å². The van der Waals surface area contributed by atoms with Gasteiger partial charge in [0.2, 0.25) is 0 Å². The number of aromatic nitrogens is 3. The van der Waals surface area contributed by atoms with E-state index in [1.807, 2.05) is 30.3 Å². The van der Waals surface area contributed by atoms with E-state index >= 15 is 0 Å². The topological polar surface area (TPSA) is 59.8 Å². The van der Waals surface area contributed by atoms with Gasteiger partial charge in [0.1, 0.15) is 0 Å². The lowest BCUT2D eigenvalue weighted by molar-refractivity contribution is 0.102. The molecule has 1 N–H and O–H groups in total. The molecule has 2 heterocycles. The van der Waals surface area contributed by atoms with Crippen LogP contribution in [-0.2, 0) is 6.54 Å². The second-order valence-corrected chi connectivity index (χ2v) is 6.10. The zero-order valence-electron chi connectivity index (χ0n) is 14.4. The van der Waals surface area contributed by atoms with E-state index in [1.165, 1.54) is 6.20 Å². The molecule has 4 rings (SSSR count). The van der Waals surface area contributed by atoms with Crippen LogP contribution in [0.3, 0.4) is 0 Å². The molecule has 0 bridgehead atoms. The lowest BCUT2D eigenvalue weighted by Crippen LogP contribution is -2.14. The second-order valence-electron chi connectivity index (χ2n) is 6.10. The molecule has 0 unspecified atom stereocenters. The predicted octanol–water partition coefficient (Wildman–Crippen LogP) is 4.15. The van der Waals surface area contributed by atoms with Crippen LogP contribution in [0.1, 0.15) is 15.9 Å². The minimum Gasteiger partial charge on any atom is -0.319 e. The molecule has 28 heavy (non-hydrogen) atoms. The van der Waals surface area contributed by atoms with Gasteiger partial charge in [-0.2, -0.15) is 5.10 Å². The van der Waals surface area contributed by atoms with Crippen molar-refractivity contribution < 1.29 is 18.0 Å². The first-order valence-electron chi connectivity index (χ1n) is 8.33. The summed E-state index contributed by atoms with van der Waals surface area (Å²) in [5.41, 5.74) is 1.31. The SMILES string of the molecule is O=C(Nc1ccc(F)c(F)c1F)c1cnc2c(cnn2Cc2ccccc2)c1. The number of nitrogens with one attached hydrogen (secondary N) is 1. The predicted molar refractivity (Wildman–Crippen MR) is 97.3 cm³/mol. The molecule has 5 nitrogen and oxygen atoms in total. The fraction of sp³-hybridized carbons (Fsp3) is 0.0500. The van der Waals surface area contributed by atoms with Gasteiger partial charge in [-0.15, -0.1) is 0 Å². The van der Waals surface area contributed by atoms with Crippen molar-refractivity contribution in [3.8, 4) is 0 Å². The Bertz CT molecular complexity index is 1180. The van der Waals surface area contributed by atoms with Crippen LogP contribution >= 0.6 is 0 Å². The Kier molecular flexibility index (Phi) is 4.52. The molecular weight excluding hydrogens is 369 g/mol. The summed E-state index contributed by atoms with van der Waals surface area (Å²) in [6.45, 7) is 0.517. The molecular formula is C20H13F3N4O. The van der Waals surface area contributed by atoms with E-state index < -0.39 is 29.0 Å². The van der Waals surface area contributed by atoms with Crippen molar-refractivity contribution in [2.45, 2.75) is 6.54 Å². The molecule has 1 amide bonds. The molecule has 2 aromatic heterocycles. The number of hydrogen-bond acceptors (Lipinski definition) is 3. The van der Waals surface area contributed by atoms with E-state index in [0.29, 0.717) is 17.6 Å². The highest BCUT2D eigenvalue weighted by Gasteiger charge is 2.17. The van der Waals surface area contributed by atoms with Crippen molar-refractivity contribution in [3.63, 3.8) is 0 Å². The van der Waals surface area contributed by atoms with Crippen molar-refractivity contribution in [1.29, 1.82) is 0 Å². The summed E-state index contributed by atoms with van der Waals surface area (Å²) in [7, 11) is 0. The van der Waals surface area contributed by atoms with Gasteiger partial charge in [0, 0.05) is 11.6 Å². The Labute approximate surface area is 157 Å². The molecule has 0 aliphatic rings. The van der Waals surface area contributed by atoms with E-state index in [1.54, 1.807) is 16.9 Å². The van der Waals surface area contributed by atoms with Crippen molar-refractivity contribution in [2.24, 2.45) is 0 Å². The first kappa shape index (κ1) is 17.7. The van der Waals surface area contributed by atoms with E-state index in [-0.39, 0.29) is 5.56 Å². The second kappa shape index (κ2) is 7.15. The highest BCUT2D eigenvalue weighted by Crippen LogP contribution is 2.21. The van der Waals surface area contributed by atoms with E-state index in [9.17, 15) is 18.0 Å². The third-order valence-corrected chi connectivity index (χ3v) is 4.20. The number of amides is 1. The quantitative estimate of drug-likeness (QED) is 0.540. The zero-order valence-corrected chi connectivity index (χ0v) is 14.4. The normalized spacial score (nSPS) is 11.0. The number of anilines is 1. The highest BCUT2D eigenvalue weighted by atomic mass is 19.2. The Hall–Kier alpha value is -3.68. The first-order chi connectivity index (χ1) is 13.5. The number of rotatable bonds is 4. The van der Waals surface area contributed by atoms with Gasteiger partial charge in [0.25, 0.3) is 5.91 Å².